The third-order valence-corrected chi connectivity index (χ3v) is 5.77. The summed E-state index contributed by atoms with van der Waals surface area (Å²) in [7, 11) is 0. The Morgan fingerprint density at radius 3 is 2.20 bits per heavy atom. The molecular weight excluding hydrogens is 381 g/mol. The molecule has 1 fully saturated rings. The van der Waals surface area contributed by atoms with Crippen molar-refractivity contribution in [3.63, 3.8) is 0 Å². The van der Waals surface area contributed by atoms with E-state index >= 15 is 0 Å². The first-order chi connectivity index (χ1) is 14.5. The van der Waals surface area contributed by atoms with Gasteiger partial charge in [-0.05, 0) is 49.6 Å². The van der Waals surface area contributed by atoms with Gasteiger partial charge in [0.05, 0.1) is 0 Å². The molecule has 0 saturated carbocycles. The van der Waals surface area contributed by atoms with E-state index in [1.807, 2.05) is 30.0 Å². The van der Waals surface area contributed by atoms with Crippen molar-refractivity contribution in [2.24, 2.45) is 0 Å². The summed E-state index contributed by atoms with van der Waals surface area (Å²) >= 11 is 0. The number of halogens is 1. The van der Waals surface area contributed by atoms with Crippen LogP contribution in [0.2, 0.25) is 0 Å². The van der Waals surface area contributed by atoms with E-state index in [4.69, 9.17) is 0 Å². The van der Waals surface area contributed by atoms with Crippen molar-refractivity contribution >= 4 is 17.1 Å². The maximum absolute atomic E-state index is 13.1. The minimum Gasteiger partial charge on any atom is -0.377 e. The highest BCUT2D eigenvalue weighted by atomic mass is 19.1. The van der Waals surface area contributed by atoms with Crippen LogP contribution in [0, 0.1) is 5.82 Å². The standard InChI is InChI=1S/C24H26FN3O2/c1-17(7-8-18-5-3-2-4-6-18)26-21-22(24(30)23(21)29)28-15-13-27(14-16-28)20-11-9-19(25)10-12-20/h2-6,9-12,17,26H,7-8,13-16H2,1H3/t17-/m0/s1. The van der Waals surface area contributed by atoms with Gasteiger partial charge in [-0.1, -0.05) is 30.3 Å². The number of hydrogen-bond acceptors (Lipinski definition) is 5. The first kappa shape index (κ1) is 20.1. The number of aryl methyl sites for hydroxylation is 1. The van der Waals surface area contributed by atoms with Crippen molar-refractivity contribution in [1.82, 2.24) is 0 Å². The Morgan fingerprint density at radius 2 is 1.53 bits per heavy atom. The average molecular weight is 407 g/mol. The number of piperazine rings is 1. The van der Waals surface area contributed by atoms with Gasteiger partial charge in [0.2, 0.25) is 0 Å². The number of nitrogens with one attached hydrogen (secondary N) is 1. The predicted octanol–water partition coefficient (Wildman–Crippen LogP) is 3.18. The van der Waals surface area contributed by atoms with Crippen molar-refractivity contribution in [3.8, 4) is 0 Å². The van der Waals surface area contributed by atoms with Gasteiger partial charge in [0.15, 0.2) is 0 Å². The highest BCUT2D eigenvalue weighted by Crippen LogP contribution is 2.25. The second kappa shape index (κ2) is 8.69. The zero-order chi connectivity index (χ0) is 21.1. The van der Waals surface area contributed by atoms with Gasteiger partial charge in [-0.2, -0.15) is 0 Å². The molecule has 5 nitrogen and oxygen atoms in total. The van der Waals surface area contributed by atoms with E-state index in [1.165, 1.54) is 17.7 Å². The zero-order valence-electron chi connectivity index (χ0n) is 17.1. The number of rotatable bonds is 7. The maximum atomic E-state index is 13.1. The van der Waals surface area contributed by atoms with Gasteiger partial charge in [-0.15, -0.1) is 0 Å². The fourth-order valence-electron chi connectivity index (χ4n) is 4.00. The minimum absolute atomic E-state index is 0.0905. The van der Waals surface area contributed by atoms with Crippen molar-refractivity contribution < 1.29 is 4.39 Å². The van der Waals surface area contributed by atoms with E-state index in [2.05, 4.69) is 22.3 Å². The molecule has 1 saturated heterocycles. The van der Waals surface area contributed by atoms with Crippen LogP contribution < -0.4 is 26.0 Å². The molecule has 0 radical (unpaired) electrons. The van der Waals surface area contributed by atoms with Crippen LogP contribution in [0.1, 0.15) is 18.9 Å². The normalized spacial score (nSPS) is 15.4. The molecule has 4 rings (SSSR count). The molecule has 0 aromatic heterocycles. The molecule has 1 aliphatic heterocycles. The lowest BCUT2D eigenvalue weighted by Gasteiger charge is -2.38. The summed E-state index contributed by atoms with van der Waals surface area (Å²) < 4.78 is 13.1. The number of hydrogen-bond donors (Lipinski definition) is 1. The molecule has 0 unspecified atom stereocenters. The van der Waals surface area contributed by atoms with E-state index in [9.17, 15) is 14.0 Å². The van der Waals surface area contributed by atoms with Crippen LogP contribution in [0.25, 0.3) is 0 Å². The average Bonchev–Trinajstić information content (AvgIpc) is 2.79. The second-order valence-electron chi connectivity index (χ2n) is 7.90. The molecule has 3 aromatic carbocycles. The lowest BCUT2D eigenvalue weighted by Crippen LogP contribution is -2.52. The van der Waals surface area contributed by atoms with Gasteiger partial charge in [-0.3, -0.25) is 9.59 Å². The topological polar surface area (TPSA) is 52.6 Å². The monoisotopic (exact) mass is 407 g/mol. The smallest absolute Gasteiger partial charge is 0.253 e. The maximum Gasteiger partial charge on any atom is 0.253 e. The summed E-state index contributed by atoms with van der Waals surface area (Å²) in [6.45, 7) is 4.77. The molecule has 1 atom stereocenters. The molecule has 1 N–H and O–H groups in total. The quantitative estimate of drug-likeness (QED) is 0.610. The van der Waals surface area contributed by atoms with Gasteiger partial charge >= 0.3 is 0 Å². The molecular formula is C24H26FN3O2. The fraction of sp³-hybridized carbons (Fsp3) is 0.333. The third-order valence-electron chi connectivity index (χ3n) is 5.77. The number of nitrogens with zero attached hydrogens (tertiary/aromatic N) is 2. The van der Waals surface area contributed by atoms with Gasteiger partial charge in [-0.25, -0.2) is 4.39 Å². The molecule has 1 heterocycles. The Labute approximate surface area is 175 Å². The van der Waals surface area contributed by atoms with Crippen LogP contribution in [0.5, 0.6) is 0 Å². The lowest BCUT2D eigenvalue weighted by molar-refractivity contribution is 0.624. The highest BCUT2D eigenvalue weighted by molar-refractivity contribution is 5.76. The van der Waals surface area contributed by atoms with Gasteiger partial charge in [0.1, 0.15) is 17.2 Å². The molecule has 1 aliphatic rings. The van der Waals surface area contributed by atoms with Gasteiger partial charge < -0.3 is 15.1 Å². The van der Waals surface area contributed by atoms with Crippen molar-refractivity contribution in [2.45, 2.75) is 25.8 Å². The highest BCUT2D eigenvalue weighted by Gasteiger charge is 2.29. The Morgan fingerprint density at radius 1 is 0.900 bits per heavy atom. The van der Waals surface area contributed by atoms with Gasteiger partial charge in [0, 0.05) is 37.9 Å². The minimum atomic E-state index is -0.419. The molecule has 3 aromatic rings. The van der Waals surface area contributed by atoms with Crippen LogP contribution in [0.4, 0.5) is 21.5 Å². The Bertz CT molecular complexity index is 1050. The first-order valence-corrected chi connectivity index (χ1v) is 10.4. The second-order valence-corrected chi connectivity index (χ2v) is 7.90. The van der Waals surface area contributed by atoms with Crippen LogP contribution >= 0.6 is 0 Å². The molecule has 0 spiro atoms. The first-order valence-electron chi connectivity index (χ1n) is 10.4. The van der Waals surface area contributed by atoms with E-state index < -0.39 is 10.9 Å². The van der Waals surface area contributed by atoms with Crippen molar-refractivity contribution in [1.29, 1.82) is 0 Å². The molecule has 156 valence electrons. The molecule has 6 heteroatoms. The summed E-state index contributed by atoms with van der Waals surface area (Å²) in [5, 5.41) is 3.28. The van der Waals surface area contributed by atoms with Crippen LogP contribution in [-0.4, -0.2) is 32.2 Å². The number of anilines is 3. The Hall–Kier alpha value is -3.15. The largest absolute Gasteiger partial charge is 0.377 e. The fourth-order valence-corrected chi connectivity index (χ4v) is 4.00. The summed E-state index contributed by atoms with van der Waals surface area (Å²) in [5.74, 6) is -0.252. The summed E-state index contributed by atoms with van der Waals surface area (Å²) in [5.41, 5.74) is 2.38. The lowest BCUT2D eigenvalue weighted by atomic mass is 10.0. The number of benzene rings is 2. The van der Waals surface area contributed by atoms with Crippen molar-refractivity contribution in [2.75, 3.05) is 41.3 Å². The van der Waals surface area contributed by atoms with Gasteiger partial charge in [0.25, 0.3) is 10.9 Å². The summed E-state index contributed by atoms with van der Waals surface area (Å²) in [6.07, 6.45) is 1.79. The van der Waals surface area contributed by atoms with E-state index in [-0.39, 0.29) is 11.9 Å². The third kappa shape index (κ3) is 4.22. The predicted molar refractivity (Wildman–Crippen MR) is 120 cm³/mol. The Kier molecular flexibility index (Phi) is 5.84. The Balaban J connectivity index is 1.36. The van der Waals surface area contributed by atoms with Crippen LogP contribution in [0.15, 0.2) is 64.2 Å². The molecule has 0 amide bonds. The van der Waals surface area contributed by atoms with Crippen LogP contribution in [0.3, 0.4) is 0 Å². The van der Waals surface area contributed by atoms with E-state index in [1.54, 1.807) is 12.1 Å². The molecule has 0 aliphatic carbocycles. The summed E-state index contributed by atoms with van der Waals surface area (Å²) in [6, 6.07) is 16.8. The van der Waals surface area contributed by atoms with Crippen molar-refractivity contribution in [3.05, 3.63) is 86.4 Å². The van der Waals surface area contributed by atoms with E-state index in [0.717, 1.165) is 18.5 Å². The SMILES string of the molecule is C[C@@H](CCc1ccccc1)Nc1c(N2CCN(c3ccc(F)cc3)CC2)c(=O)c1=O. The van der Waals surface area contributed by atoms with Crippen LogP contribution in [-0.2, 0) is 6.42 Å². The zero-order valence-corrected chi connectivity index (χ0v) is 17.1. The molecule has 30 heavy (non-hydrogen) atoms. The van der Waals surface area contributed by atoms with E-state index in [0.29, 0.717) is 37.6 Å². The summed E-state index contributed by atoms with van der Waals surface area (Å²) in [4.78, 5) is 28.6. The molecule has 0 bridgehead atoms.